The fraction of sp³-hybridized carbons (Fsp3) is 0.100. The van der Waals surface area contributed by atoms with E-state index in [2.05, 4.69) is 20.8 Å². The van der Waals surface area contributed by atoms with Gasteiger partial charge < -0.3 is 5.32 Å². The first-order valence-corrected chi connectivity index (χ1v) is 6.28. The molecule has 0 aliphatic heterocycles. The molecule has 0 bridgehead atoms. The number of amides is 2. The highest BCUT2D eigenvalue weighted by molar-refractivity contribution is 7.15. The number of carbonyl (C=O) groups is 1. The summed E-state index contributed by atoms with van der Waals surface area (Å²) in [4.78, 5) is 11.5. The second kappa shape index (κ2) is 5.63. The van der Waals surface area contributed by atoms with Crippen LogP contribution in [0.25, 0.3) is 0 Å². The lowest BCUT2D eigenvalue weighted by molar-refractivity contribution is -0.138. The molecule has 0 radical (unpaired) electrons. The fourth-order valence-electron chi connectivity index (χ4n) is 1.18. The smallest absolute Gasteiger partial charge is 0.308 e. The van der Waals surface area contributed by atoms with Gasteiger partial charge in [0.05, 0.1) is 0 Å². The van der Waals surface area contributed by atoms with Gasteiger partial charge in [0.2, 0.25) is 10.1 Å². The zero-order chi connectivity index (χ0) is 14.8. The van der Waals surface area contributed by atoms with Crippen molar-refractivity contribution >= 4 is 39.8 Å². The molecule has 2 rings (SSSR count). The van der Waals surface area contributed by atoms with Crippen LogP contribution < -0.4 is 10.6 Å². The molecule has 20 heavy (non-hydrogen) atoms. The molecular formula is C10H6ClF3N4OS. The predicted molar refractivity (Wildman–Crippen MR) is 69.0 cm³/mol. The summed E-state index contributed by atoms with van der Waals surface area (Å²) in [6.07, 6.45) is -4.58. The van der Waals surface area contributed by atoms with Crippen molar-refractivity contribution in [3.8, 4) is 0 Å². The number of alkyl halides is 3. The van der Waals surface area contributed by atoms with E-state index in [0.717, 1.165) is 0 Å². The fourth-order valence-corrected chi connectivity index (χ4v) is 1.91. The molecule has 0 aliphatic carbocycles. The summed E-state index contributed by atoms with van der Waals surface area (Å²) in [7, 11) is 0. The molecule has 1 aromatic carbocycles. The molecule has 0 atom stereocenters. The maximum absolute atomic E-state index is 12.3. The van der Waals surface area contributed by atoms with E-state index in [0.29, 0.717) is 10.7 Å². The summed E-state index contributed by atoms with van der Waals surface area (Å²) >= 11 is 5.91. The van der Waals surface area contributed by atoms with Gasteiger partial charge in [0.15, 0.2) is 0 Å². The number of benzene rings is 1. The average molecular weight is 323 g/mol. The Morgan fingerprint density at radius 2 is 1.80 bits per heavy atom. The molecular weight excluding hydrogens is 317 g/mol. The third kappa shape index (κ3) is 3.81. The van der Waals surface area contributed by atoms with Crippen LogP contribution in [0.3, 0.4) is 0 Å². The van der Waals surface area contributed by atoms with Crippen LogP contribution in [0.2, 0.25) is 5.02 Å². The molecule has 0 unspecified atom stereocenters. The van der Waals surface area contributed by atoms with Crippen molar-refractivity contribution in [3.05, 3.63) is 34.3 Å². The molecule has 2 amide bonds. The highest BCUT2D eigenvalue weighted by Gasteiger charge is 2.35. The van der Waals surface area contributed by atoms with E-state index in [4.69, 9.17) is 11.6 Å². The standard InChI is InChI=1S/C10H6ClF3N4OS/c11-5-1-3-6(4-2-5)15-8(19)16-9-18-17-7(20-9)10(12,13)14/h1-4H,(H2,15,16,18,19). The number of halogens is 4. The molecule has 0 fully saturated rings. The average Bonchev–Trinajstić information content (AvgIpc) is 2.80. The minimum absolute atomic E-state index is 0.241. The number of nitrogens with one attached hydrogen (secondary N) is 2. The lowest BCUT2D eigenvalue weighted by Gasteiger charge is -2.04. The van der Waals surface area contributed by atoms with Gasteiger partial charge in [-0.25, -0.2) is 4.79 Å². The molecule has 106 valence electrons. The van der Waals surface area contributed by atoms with Gasteiger partial charge in [-0.3, -0.25) is 5.32 Å². The van der Waals surface area contributed by atoms with Crippen LogP contribution in [-0.2, 0) is 6.18 Å². The Hall–Kier alpha value is -1.87. The Kier molecular flexibility index (Phi) is 4.09. The number of aromatic nitrogens is 2. The number of rotatable bonds is 2. The van der Waals surface area contributed by atoms with Crippen LogP contribution in [0, 0.1) is 0 Å². The van der Waals surface area contributed by atoms with Gasteiger partial charge in [0.25, 0.3) is 0 Å². The molecule has 0 saturated carbocycles. The van der Waals surface area contributed by atoms with Gasteiger partial charge in [-0.2, -0.15) is 13.2 Å². The van der Waals surface area contributed by atoms with E-state index in [1.165, 1.54) is 0 Å². The normalized spacial score (nSPS) is 11.2. The largest absolute Gasteiger partial charge is 0.445 e. The summed E-state index contributed by atoms with van der Waals surface area (Å²) in [6, 6.07) is 5.48. The van der Waals surface area contributed by atoms with E-state index < -0.39 is 17.2 Å². The van der Waals surface area contributed by atoms with Crippen molar-refractivity contribution in [2.24, 2.45) is 0 Å². The van der Waals surface area contributed by atoms with Crippen LogP contribution in [0.15, 0.2) is 24.3 Å². The van der Waals surface area contributed by atoms with Crippen molar-refractivity contribution in [2.45, 2.75) is 6.18 Å². The maximum Gasteiger partial charge on any atom is 0.445 e. The van der Waals surface area contributed by atoms with E-state index >= 15 is 0 Å². The number of nitrogens with zero attached hydrogens (tertiary/aromatic N) is 2. The molecule has 0 spiro atoms. The monoisotopic (exact) mass is 322 g/mol. The SMILES string of the molecule is O=C(Nc1ccc(Cl)cc1)Nc1nnc(C(F)(F)F)s1. The van der Waals surface area contributed by atoms with E-state index in [9.17, 15) is 18.0 Å². The summed E-state index contributed by atoms with van der Waals surface area (Å²) in [5.41, 5.74) is 0.437. The Bertz CT molecular complexity index is 614. The highest BCUT2D eigenvalue weighted by atomic mass is 35.5. The third-order valence-electron chi connectivity index (χ3n) is 1.99. The van der Waals surface area contributed by atoms with Crippen LogP contribution in [0.4, 0.5) is 28.8 Å². The van der Waals surface area contributed by atoms with Gasteiger partial charge in [-0.05, 0) is 24.3 Å². The lowest BCUT2D eigenvalue weighted by atomic mass is 10.3. The molecule has 1 aromatic heterocycles. The number of hydrogen-bond acceptors (Lipinski definition) is 4. The lowest BCUT2D eigenvalue weighted by Crippen LogP contribution is -2.19. The van der Waals surface area contributed by atoms with Crippen molar-refractivity contribution in [1.29, 1.82) is 0 Å². The second-order valence-corrected chi connectivity index (χ2v) is 4.91. The highest BCUT2D eigenvalue weighted by Crippen LogP contribution is 2.32. The molecule has 5 nitrogen and oxygen atoms in total. The Morgan fingerprint density at radius 3 is 2.35 bits per heavy atom. The quantitative estimate of drug-likeness (QED) is 0.882. The van der Waals surface area contributed by atoms with Gasteiger partial charge in [-0.1, -0.05) is 22.9 Å². The summed E-state index contributed by atoms with van der Waals surface area (Å²) in [5.74, 6) is 0. The summed E-state index contributed by atoms with van der Waals surface area (Å²) in [6.45, 7) is 0. The third-order valence-corrected chi connectivity index (χ3v) is 3.13. The second-order valence-electron chi connectivity index (χ2n) is 3.50. The van der Waals surface area contributed by atoms with Crippen LogP contribution in [0.1, 0.15) is 5.01 Å². The predicted octanol–water partition coefficient (Wildman–Crippen LogP) is 3.85. The zero-order valence-electron chi connectivity index (χ0n) is 9.53. The van der Waals surface area contributed by atoms with Gasteiger partial charge >= 0.3 is 12.2 Å². The minimum Gasteiger partial charge on any atom is -0.308 e. The maximum atomic E-state index is 12.3. The first-order chi connectivity index (χ1) is 9.34. The van der Waals surface area contributed by atoms with Crippen molar-refractivity contribution in [1.82, 2.24) is 10.2 Å². The van der Waals surface area contributed by atoms with Crippen LogP contribution >= 0.6 is 22.9 Å². The summed E-state index contributed by atoms with van der Waals surface area (Å²) in [5, 5.41) is 9.87. The Morgan fingerprint density at radius 1 is 1.15 bits per heavy atom. The first kappa shape index (κ1) is 14.5. The van der Waals surface area contributed by atoms with Gasteiger partial charge in [0.1, 0.15) is 0 Å². The van der Waals surface area contributed by atoms with Crippen molar-refractivity contribution in [3.63, 3.8) is 0 Å². The van der Waals surface area contributed by atoms with Gasteiger partial charge in [0, 0.05) is 10.7 Å². The van der Waals surface area contributed by atoms with E-state index in [1.54, 1.807) is 24.3 Å². The molecule has 2 aromatic rings. The number of carbonyl (C=O) groups excluding carboxylic acids is 1. The van der Waals surface area contributed by atoms with E-state index in [-0.39, 0.29) is 16.5 Å². The minimum atomic E-state index is -4.58. The Balaban J connectivity index is 1.98. The molecule has 2 N–H and O–H groups in total. The Labute approximate surface area is 119 Å². The van der Waals surface area contributed by atoms with Crippen molar-refractivity contribution < 1.29 is 18.0 Å². The molecule has 10 heteroatoms. The molecule has 0 aliphatic rings. The van der Waals surface area contributed by atoms with Crippen LogP contribution in [0.5, 0.6) is 0 Å². The van der Waals surface area contributed by atoms with Crippen molar-refractivity contribution in [2.75, 3.05) is 10.6 Å². The molecule has 1 heterocycles. The number of urea groups is 1. The van der Waals surface area contributed by atoms with E-state index in [1.807, 2.05) is 0 Å². The molecule has 0 saturated heterocycles. The van der Waals surface area contributed by atoms with Crippen LogP contribution in [-0.4, -0.2) is 16.2 Å². The zero-order valence-corrected chi connectivity index (χ0v) is 11.1. The number of hydrogen-bond donors (Lipinski definition) is 2. The topological polar surface area (TPSA) is 66.9 Å². The first-order valence-electron chi connectivity index (χ1n) is 5.09. The summed E-state index contributed by atoms with van der Waals surface area (Å²) < 4.78 is 36.9. The number of anilines is 2. The van der Waals surface area contributed by atoms with Gasteiger partial charge in [-0.15, -0.1) is 10.2 Å².